The fourth-order valence-corrected chi connectivity index (χ4v) is 1.54. The van der Waals surface area contributed by atoms with Gasteiger partial charge in [0.2, 0.25) is 0 Å². The highest BCUT2D eigenvalue weighted by Crippen LogP contribution is 2.00. The molecule has 0 saturated carbocycles. The van der Waals surface area contributed by atoms with Crippen molar-refractivity contribution < 1.29 is 14.9 Å². The molecule has 5 heteroatoms. The monoisotopic (exact) mass is 320 g/mol. The minimum atomic E-state index is 0.107. The summed E-state index contributed by atoms with van der Waals surface area (Å²) >= 11 is 0. The lowest BCUT2D eigenvalue weighted by Crippen LogP contribution is -2.38. The third-order valence-electron chi connectivity index (χ3n) is 2.63. The lowest BCUT2D eigenvalue weighted by Gasteiger charge is -2.20. The predicted molar refractivity (Wildman–Crippen MR) is 94.4 cm³/mol. The maximum atomic E-state index is 8.51. The summed E-state index contributed by atoms with van der Waals surface area (Å²) in [6.45, 7) is 16.3. The van der Waals surface area contributed by atoms with Crippen LogP contribution in [0.1, 0.15) is 60.8 Å². The van der Waals surface area contributed by atoms with Gasteiger partial charge in [0.15, 0.2) is 0 Å². The molecule has 5 nitrogen and oxygen atoms in total. The molecule has 0 unspecified atom stereocenters. The van der Waals surface area contributed by atoms with Crippen molar-refractivity contribution in [2.75, 3.05) is 39.5 Å². The van der Waals surface area contributed by atoms with Gasteiger partial charge in [-0.25, -0.2) is 0 Å². The summed E-state index contributed by atoms with van der Waals surface area (Å²) < 4.78 is 5.07. The van der Waals surface area contributed by atoms with E-state index in [4.69, 9.17) is 14.9 Å². The standard InChI is InChI=1S/C9H21NO.C8H19NO2/c1-9(2,3)10-7-5-4-6-8-11;1-8(2,3)9-4-6-11-7-5-10/h10-11H,4-8H2,1-3H3;9-10H,4-7H2,1-3H3. The molecule has 0 aromatic rings. The smallest absolute Gasteiger partial charge is 0.0698 e. The molecule has 0 heterocycles. The van der Waals surface area contributed by atoms with E-state index in [1.165, 1.54) is 0 Å². The Bertz CT molecular complexity index is 199. The predicted octanol–water partition coefficient (Wildman–Crippen LogP) is 1.92. The van der Waals surface area contributed by atoms with Gasteiger partial charge < -0.3 is 25.6 Å². The fourth-order valence-electron chi connectivity index (χ4n) is 1.54. The topological polar surface area (TPSA) is 73.8 Å². The third kappa shape index (κ3) is 28.0. The lowest BCUT2D eigenvalue weighted by atomic mass is 10.1. The zero-order valence-electron chi connectivity index (χ0n) is 15.7. The Kier molecular flexibility index (Phi) is 15.7. The van der Waals surface area contributed by atoms with Crippen molar-refractivity contribution in [3.05, 3.63) is 0 Å². The first-order valence-corrected chi connectivity index (χ1v) is 8.42. The van der Waals surface area contributed by atoms with Gasteiger partial charge in [-0.05, 0) is 67.3 Å². The van der Waals surface area contributed by atoms with Gasteiger partial charge in [-0.15, -0.1) is 0 Å². The molecule has 0 fully saturated rings. The Morgan fingerprint density at radius 1 is 0.682 bits per heavy atom. The Balaban J connectivity index is 0. The Morgan fingerprint density at radius 2 is 1.23 bits per heavy atom. The van der Waals surface area contributed by atoms with Crippen LogP contribution in [-0.2, 0) is 4.74 Å². The lowest BCUT2D eigenvalue weighted by molar-refractivity contribution is 0.0910. The molecule has 0 rings (SSSR count). The summed E-state index contributed by atoms with van der Waals surface area (Å²) in [4.78, 5) is 0. The zero-order valence-corrected chi connectivity index (χ0v) is 15.7. The second kappa shape index (κ2) is 14.4. The SMILES string of the molecule is CC(C)(C)NCCCCCO.CC(C)(C)NCCOCCO. The van der Waals surface area contributed by atoms with Gasteiger partial charge in [0.1, 0.15) is 0 Å². The van der Waals surface area contributed by atoms with E-state index in [0.29, 0.717) is 19.8 Å². The highest BCUT2D eigenvalue weighted by Gasteiger charge is 2.07. The Morgan fingerprint density at radius 3 is 1.68 bits per heavy atom. The van der Waals surface area contributed by atoms with Crippen LogP contribution in [0.2, 0.25) is 0 Å². The van der Waals surface area contributed by atoms with E-state index in [0.717, 1.165) is 32.4 Å². The first-order chi connectivity index (χ1) is 10.1. The number of hydrogen-bond acceptors (Lipinski definition) is 5. The molecule has 0 bridgehead atoms. The number of ether oxygens (including phenoxy) is 1. The molecule has 0 aromatic heterocycles. The molecule has 4 N–H and O–H groups in total. The van der Waals surface area contributed by atoms with Crippen LogP contribution in [0.3, 0.4) is 0 Å². The van der Waals surface area contributed by atoms with Crippen LogP contribution in [-0.4, -0.2) is 60.8 Å². The van der Waals surface area contributed by atoms with Crippen molar-refractivity contribution >= 4 is 0 Å². The molecule has 22 heavy (non-hydrogen) atoms. The molecule has 0 saturated heterocycles. The zero-order chi connectivity index (χ0) is 17.5. The van der Waals surface area contributed by atoms with Crippen LogP contribution < -0.4 is 10.6 Å². The summed E-state index contributed by atoms with van der Waals surface area (Å²) in [5.74, 6) is 0. The van der Waals surface area contributed by atoms with Crippen LogP contribution in [0.15, 0.2) is 0 Å². The van der Waals surface area contributed by atoms with Crippen LogP contribution in [0.25, 0.3) is 0 Å². The highest BCUT2D eigenvalue weighted by molar-refractivity contribution is 4.69. The number of nitrogens with one attached hydrogen (secondary N) is 2. The van der Waals surface area contributed by atoms with Crippen LogP contribution in [0.5, 0.6) is 0 Å². The van der Waals surface area contributed by atoms with E-state index in [-0.39, 0.29) is 17.7 Å². The summed E-state index contributed by atoms with van der Waals surface area (Å²) in [6, 6.07) is 0. The van der Waals surface area contributed by atoms with Crippen molar-refractivity contribution in [3.63, 3.8) is 0 Å². The molecule has 0 aliphatic heterocycles. The molecule has 136 valence electrons. The van der Waals surface area contributed by atoms with E-state index in [2.05, 4.69) is 52.2 Å². The molecule has 0 spiro atoms. The van der Waals surface area contributed by atoms with E-state index in [1.54, 1.807) is 0 Å². The van der Waals surface area contributed by atoms with Crippen molar-refractivity contribution in [2.45, 2.75) is 71.9 Å². The third-order valence-corrected chi connectivity index (χ3v) is 2.63. The molecule has 0 aliphatic carbocycles. The maximum absolute atomic E-state index is 8.51. The van der Waals surface area contributed by atoms with E-state index in [9.17, 15) is 0 Å². The summed E-state index contributed by atoms with van der Waals surface area (Å²) in [5, 5.41) is 23.6. The van der Waals surface area contributed by atoms with Crippen LogP contribution >= 0.6 is 0 Å². The first-order valence-electron chi connectivity index (χ1n) is 8.42. The normalized spacial score (nSPS) is 12.0. The molecule has 0 amide bonds. The second-order valence-corrected chi connectivity index (χ2v) is 7.47. The quantitative estimate of drug-likeness (QED) is 0.463. The van der Waals surface area contributed by atoms with Gasteiger partial charge in [0.25, 0.3) is 0 Å². The molecule has 0 aromatic carbocycles. The summed E-state index contributed by atoms with van der Waals surface area (Å²) in [5.41, 5.74) is 0.391. The van der Waals surface area contributed by atoms with Gasteiger partial charge in [-0.2, -0.15) is 0 Å². The highest BCUT2D eigenvalue weighted by atomic mass is 16.5. The number of rotatable bonds is 10. The summed E-state index contributed by atoms with van der Waals surface area (Å²) in [7, 11) is 0. The van der Waals surface area contributed by atoms with Crippen molar-refractivity contribution in [1.29, 1.82) is 0 Å². The van der Waals surface area contributed by atoms with E-state index >= 15 is 0 Å². The number of hydrogen-bond donors (Lipinski definition) is 4. The Hall–Kier alpha value is -0.200. The number of aliphatic hydroxyl groups is 2. The van der Waals surface area contributed by atoms with Crippen LogP contribution in [0, 0.1) is 0 Å². The average Bonchev–Trinajstić information content (AvgIpc) is 2.36. The largest absolute Gasteiger partial charge is 0.396 e. The molecule has 0 radical (unpaired) electrons. The molecule has 0 atom stereocenters. The number of unbranched alkanes of at least 4 members (excludes halogenated alkanes) is 2. The van der Waals surface area contributed by atoms with Crippen molar-refractivity contribution in [3.8, 4) is 0 Å². The second-order valence-electron chi connectivity index (χ2n) is 7.47. The molecular formula is C17H40N2O3. The maximum Gasteiger partial charge on any atom is 0.0698 e. The van der Waals surface area contributed by atoms with Gasteiger partial charge in [-0.3, -0.25) is 0 Å². The fraction of sp³-hybridized carbons (Fsp3) is 1.00. The first kappa shape index (κ1) is 24.1. The van der Waals surface area contributed by atoms with Gasteiger partial charge >= 0.3 is 0 Å². The Labute approximate surface area is 137 Å². The average molecular weight is 321 g/mol. The number of aliphatic hydroxyl groups excluding tert-OH is 2. The van der Waals surface area contributed by atoms with Crippen molar-refractivity contribution in [2.24, 2.45) is 0 Å². The minimum absolute atomic E-state index is 0.107. The van der Waals surface area contributed by atoms with Gasteiger partial charge in [-0.1, -0.05) is 0 Å². The summed E-state index contributed by atoms with van der Waals surface area (Å²) in [6.07, 6.45) is 3.23. The van der Waals surface area contributed by atoms with Crippen LogP contribution in [0.4, 0.5) is 0 Å². The molecule has 0 aliphatic rings. The van der Waals surface area contributed by atoms with E-state index < -0.39 is 0 Å². The van der Waals surface area contributed by atoms with Gasteiger partial charge in [0, 0.05) is 24.2 Å². The van der Waals surface area contributed by atoms with Crippen molar-refractivity contribution in [1.82, 2.24) is 10.6 Å². The van der Waals surface area contributed by atoms with E-state index in [1.807, 2.05) is 0 Å². The minimum Gasteiger partial charge on any atom is -0.396 e. The van der Waals surface area contributed by atoms with Gasteiger partial charge in [0.05, 0.1) is 19.8 Å². The molecular weight excluding hydrogens is 280 g/mol.